The van der Waals surface area contributed by atoms with Crippen molar-refractivity contribution in [1.29, 1.82) is 0 Å². The van der Waals surface area contributed by atoms with Gasteiger partial charge in [-0.25, -0.2) is 8.37 Å². The number of rotatable bonds is 28. The first-order valence-electron chi connectivity index (χ1n) is 15.6. The summed E-state index contributed by atoms with van der Waals surface area (Å²) in [5, 5.41) is 0. The van der Waals surface area contributed by atoms with Gasteiger partial charge in [0.05, 0.1) is 13.2 Å². The zero-order valence-electron chi connectivity index (χ0n) is 24.8. The van der Waals surface area contributed by atoms with Crippen molar-refractivity contribution in [3.63, 3.8) is 0 Å². The van der Waals surface area contributed by atoms with Crippen molar-refractivity contribution in [1.82, 2.24) is 0 Å². The molecule has 0 radical (unpaired) electrons. The minimum atomic E-state index is -3.81. The van der Waals surface area contributed by atoms with Gasteiger partial charge < -0.3 is 4.74 Å². The molecule has 0 N–H and O–H groups in total. The third kappa shape index (κ3) is 41.5. The number of ether oxygens (including phenoxy) is 1. The minimum absolute atomic E-state index is 0. The van der Waals surface area contributed by atoms with Crippen molar-refractivity contribution in [3.05, 3.63) is 0 Å². The average Bonchev–Trinajstić information content (AvgIpc) is 2.86. The van der Waals surface area contributed by atoms with Crippen LogP contribution in [-0.4, -0.2) is 64.4 Å². The van der Waals surface area contributed by atoms with E-state index in [4.69, 9.17) is 13.1 Å². The Kier molecular flexibility index (Phi) is 42.1. The summed E-state index contributed by atoms with van der Waals surface area (Å²) in [7, 11) is -3.81. The summed E-state index contributed by atoms with van der Waals surface area (Å²) >= 11 is 0. The second-order valence-corrected chi connectivity index (χ2v) is 11.2. The number of hydrogen-bond donors (Lipinski definition) is 0. The first-order valence-corrected chi connectivity index (χ1v) is 17.0. The summed E-state index contributed by atoms with van der Waals surface area (Å²) in [4.78, 5) is 0. The molecule has 0 aromatic heterocycles. The van der Waals surface area contributed by atoms with Gasteiger partial charge in [0.2, 0.25) is 0 Å². The Morgan fingerprint density at radius 2 is 0.649 bits per heavy atom. The summed E-state index contributed by atoms with van der Waals surface area (Å²) < 4.78 is 38.3. The fraction of sp³-hybridized carbons (Fsp3) is 1.00. The van der Waals surface area contributed by atoms with E-state index in [1.165, 1.54) is 109 Å². The van der Waals surface area contributed by atoms with Crippen molar-refractivity contribution in [2.75, 3.05) is 26.4 Å². The molecule has 0 saturated carbocycles. The van der Waals surface area contributed by atoms with Crippen LogP contribution in [0.1, 0.15) is 169 Å². The molecule has 0 bridgehead atoms. The van der Waals surface area contributed by atoms with Crippen LogP contribution in [-0.2, 0) is 23.5 Å². The molecule has 5 nitrogen and oxygen atoms in total. The van der Waals surface area contributed by atoms with Gasteiger partial charge >= 0.3 is 40.0 Å². The van der Waals surface area contributed by atoms with Crippen LogP contribution in [0.15, 0.2) is 0 Å². The fourth-order valence-electron chi connectivity index (χ4n) is 4.09. The molecule has 0 fully saturated rings. The van der Waals surface area contributed by atoms with Gasteiger partial charge in [-0.3, -0.25) is 0 Å². The molecule has 0 heterocycles. The second kappa shape index (κ2) is 36.8. The molecule has 0 aromatic carbocycles. The van der Waals surface area contributed by atoms with E-state index in [0.29, 0.717) is 0 Å². The van der Waals surface area contributed by atoms with Gasteiger partial charge in [0.15, 0.2) is 0 Å². The Balaban J connectivity index is -0.00000174. The zero-order valence-corrected chi connectivity index (χ0v) is 25.7. The summed E-state index contributed by atoms with van der Waals surface area (Å²) in [6.45, 7) is 10.7. The van der Waals surface area contributed by atoms with Crippen molar-refractivity contribution < 1.29 is 21.5 Å². The molecular weight excluding hydrogens is 495 g/mol. The summed E-state index contributed by atoms with van der Waals surface area (Å²) in [6.07, 6.45) is 27.3. The molecule has 7 heteroatoms. The molecule has 0 spiro atoms. The van der Waals surface area contributed by atoms with E-state index in [1.54, 1.807) is 0 Å². The zero-order chi connectivity index (χ0) is 27.0. The summed E-state index contributed by atoms with van der Waals surface area (Å²) in [5.41, 5.74) is 0. The average molecular weight is 561 g/mol. The van der Waals surface area contributed by atoms with Crippen LogP contribution >= 0.6 is 0 Å². The molecule has 0 aliphatic heterocycles. The normalized spacial score (nSPS) is 11.1. The van der Waals surface area contributed by atoms with Gasteiger partial charge in [0.25, 0.3) is 0 Å². The molecule has 222 valence electrons. The first kappa shape index (κ1) is 42.3. The predicted molar refractivity (Wildman–Crippen MR) is 163 cm³/mol. The summed E-state index contributed by atoms with van der Waals surface area (Å²) in [5.74, 6) is 0. The Labute approximate surface area is 255 Å². The number of hydrogen-bond acceptors (Lipinski definition) is 5. The molecule has 0 aliphatic carbocycles. The maximum absolute atomic E-state index is 11.7. The Bertz CT molecular complexity index is 486. The Morgan fingerprint density at radius 3 is 0.865 bits per heavy atom. The monoisotopic (exact) mass is 560 g/mol. The van der Waals surface area contributed by atoms with Crippen molar-refractivity contribution in [3.8, 4) is 0 Å². The molecule has 0 aliphatic rings. The van der Waals surface area contributed by atoms with Gasteiger partial charge in [-0.05, 0) is 26.7 Å². The van der Waals surface area contributed by atoms with Crippen LogP contribution in [0.5, 0.6) is 0 Å². The first-order chi connectivity index (χ1) is 17.5. The van der Waals surface area contributed by atoms with E-state index < -0.39 is 10.4 Å². The van der Waals surface area contributed by atoms with Gasteiger partial charge in [-0.15, -0.1) is 0 Å². The molecule has 0 rings (SSSR count). The van der Waals surface area contributed by atoms with Crippen LogP contribution in [0.25, 0.3) is 0 Å². The molecule has 0 amide bonds. The van der Waals surface area contributed by atoms with Crippen LogP contribution in [0.3, 0.4) is 0 Å². The molecule has 0 atom stereocenters. The van der Waals surface area contributed by atoms with Gasteiger partial charge in [-0.2, -0.15) is 8.42 Å². The molecule has 0 saturated heterocycles. The van der Waals surface area contributed by atoms with E-state index in [-0.39, 0.29) is 42.8 Å². The van der Waals surface area contributed by atoms with Crippen molar-refractivity contribution in [2.45, 2.75) is 169 Å². The van der Waals surface area contributed by atoms with Crippen LogP contribution in [0.2, 0.25) is 0 Å². The van der Waals surface area contributed by atoms with E-state index in [1.807, 2.05) is 13.8 Å². The van der Waals surface area contributed by atoms with Gasteiger partial charge in [0.1, 0.15) is 0 Å². The SMILES string of the molecule is CCCCCCCCCCCCCCOS(=O)(=O)OCCCCCCCCCCCC.CCOCC.[NaH]. The molecule has 37 heavy (non-hydrogen) atoms. The molecule has 0 unspecified atom stereocenters. The van der Waals surface area contributed by atoms with Gasteiger partial charge in [0, 0.05) is 13.2 Å². The van der Waals surface area contributed by atoms with Gasteiger partial charge in [-0.1, -0.05) is 142 Å². The maximum atomic E-state index is 11.7. The van der Waals surface area contributed by atoms with E-state index in [0.717, 1.165) is 45.3 Å². The van der Waals surface area contributed by atoms with E-state index in [9.17, 15) is 8.42 Å². The fourth-order valence-corrected chi connectivity index (χ4v) is 4.80. The van der Waals surface area contributed by atoms with Crippen LogP contribution < -0.4 is 0 Å². The second-order valence-electron chi connectivity index (χ2n) is 9.90. The summed E-state index contributed by atoms with van der Waals surface area (Å²) in [6, 6.07) is 0. The Hall–Kier alpha value is 0.830. The molecular formula is C30H65NaO5S. The molecule has 0 aromatic rings. The standard InChI is InChI=1S/C26H54O4S.C4H10O.Na.H/c1-3-5-7-9-11-13-15-16-18-20-22-24-26-30-31(27,28)29-25-23-21-19-17-14-12-10-8-6-4-2;1-3-5-4-2;;/h3-26H2,1-2H3;3-4H2,1-2H3;;. The van der Waals surface area contributed by atoms with Crippen LogP contribution in [0.4, 0.5) is 0 Å². The Morgan fingerprint density at radius 1 is 0.405 bits per heavy atom. The predicted octanol–water partition coefficient (Wildman–Crippen LogP) is 9.28. The number of unbranched alkanes of at least 4 members (excludes halogenated alkanes) is 20. The topological polar surface area (TPSA) is 61.8 Å². The quantitative estimate of drug-likeness (QED) is 0.0705. The van der Waals surface area contributed by atoms with E-state index in [2.05, 4.69) is 13.8 Å². The third-order valence-corrected chi connectivity index (χ3v) is 7.27. The van der Waals surface area contributed by atoms with Crippen molar-refractivity contribution in [2.24, 2.45) is 0 Å². The van der Waals surface area contributed by atoms with E-state index >= 15 is 0 Å². The van der Waals surface area contributed by atoms with Crippen molar-refractivity contribution >= 4 is 40.0 Å². The van der Waals surface area contributed by atoms with Crippen LogP contribution in [0, 0.1) is 0 Å². The third-order valence-electron chi connectivity index (χ3n) is 6.36.